The van der Waals surface area contributed by atoms with Crippen LogP contribution in [0.1, 0.15) is 34.1 Å². The van der Waals surface area contributed by atoms with E-state index in [9.17, 15) is 14.4 Å². The monoisotopic (exact) mass is 300 g/mol. The van der Waals surface area contributed by atoms with Gasteiger partial charge in [-0.15, -0.1) is 0 Å². The Morgan fingerprint density at radius 3 is 2.33 bits per heavy atom. The molecule has 0 saturated carbocycles. The van der Waals surface area contributed by atoms with E-state index in [1.54, 1.807) is 46.7 Å². The fourth-order valence-corrected chi connectivity index (χ4v) is 2.13. The Balaban J connectivity index is 3.01. The number of likely N-dealkylation sites (tertiary alicyclic amines) is 1. The van der Waals surface area contributed by atoms with Crippen LogP contribution >= 0.6 is 0 Å². The summed E-state index contributed by atoms with van der Waals surface area (Å²) in [6.07, 6.45) is -0.598. The molecule has 0 radical (unpaired) electrons. The molecule has 0 bridgehead atoms. The molecule has 7 nitrogen and oxygen atoms in total. The van der Waals surface area contributed by atoms with Gasteiger partial charge in [-0.3, -0.25) is 9.69 Å². The van der Waals surface area contributed by atoms with Gasteiger partial charge >= 0.3 is 12.1 Å². The summed E-state index contributed by atoms with van der Waals surface area (Å²) in [5.41, 5.74) is -0.743. The van der Waals surface area contributed by atoms with Crippen LogP contribution in [0.4, 0.5) is 4.79 Å². The first-order valence-corrected chi connectivity index (χ1v) is 6.97. The second-order valence-electron chi connectivity index (χ2n) is 6.17. The number of ether oxygens (including phenoxy) is 2. The second-order valence-corrected chi connectivity index (χ2v) is 6.17. The van der Waals surface area contributed by atoms with Crippen molar-refractivity contribution in [3.8, 4) is 0 Å². The number of hydrogen-bond donors (Lipinski definition) is 0. The van der Waals surface area contributed by atoms with Crippen LogP contribution in [-0.4, -0.2) is 66.2 Å². The van der Waals surface area contributed by atoms with Gasteiger partial charge in [0.25, 0.3) is 0 Å². The zero-order valence-corrected chi connectivity index (χ0v) is 13.5. The molecule has 2 amide bonds. The summed E-state index contributed by atoms with van der Waals surface area (Å²) in [5.74, 6) is -1.02. The van der Waals surface area contributed by atoms with Crippen LogP contribution < -0.4 is 0 Å². The molecule has 1 rings (SSSR count). The van der Waals surface area contributed by atoms with Crippen molar-refractivity contribution in [3.63, 3.8) is 0 Å². The third-order valence-electron chi connectivity index (χ3n) is 3.05. The Morgan fingerprint density at radius 1 is 1.33 bits per heavy atom. The lowest BCUT2D eigenvalue weighted by atomic mass is 10.1. The SMILES string of the molecule is CCOC(=O)[C@H]1CC(N(C)C)C(=O)N1C(=O)OC(C)(C)C. The molecule has 21 heavy (non-hydrogen) atoms. The molecule has 0 aromatic rings. The molecule has 0 aromatic heterocycles. The number of rotatable bonds is 3. The standard InChI is InChI=1S/C14H24N2O5/c1-7-20-12(18)10-8-9(15(5)6)11(17)16(10)13(19)21-14(2,3)4/h9-10H,7-8H2,1-6H3/t9?,10-/m1/s1. The number of carbonyl (C=O) groups is 3. The Hall–Kier alpha value is -1.63. The van der Waals surface area contributed by atoms with E-state index in [1.165, 1.54) is 0 Å². The van der Waals surface area contributed by atoms with Crippen molar-refractivity contribution < 1.29 is 23.9 Å². The first-order valence-electron chi connectivity index (χ1n) is 6.97. The van der Waals surface area contributed by atoms with E-state index >= 15 is 0 Å². The zero-order valence-electron chi connectivity index (χ0n) is 13.5. The van der Waals surface area contributed by atoms with E-state index < -0.39 is 35.7 Å². The number of amides is 2. The van der Waals surface area contributed by atoms with E-state index in [0.29, 0.717) is 0 Å². The summed E-state index contributed by atoms with van der Waals surface area (Å²) in [4.78, 5) is 39.1. The van der Waals surface area contributed by atoms with E-state index in [-0.39, 0.29) is 13.0 Å². The lowest BCUT2D eigenvalue weighted by molar-refractivity contribution is -0.151. The predicted molar refractivity (Wildman–Crippen MR) is 75.6 cm³/mol. The number of hydrogen-bond acceptors (Lipinski definition) is 6. The molecule has 2 atom stereocenters. The number of carbonyl (C=O) groups excluding carboxylic acids is 3. The minimum atomic E-state index is -0.931. The maximum Gasteiger partial charge on any atom is 0.417 e. The summed E-state index contributed by atoms with van der Waals surface area (Å²) in [6, 6.07) is -1.47. The highest BCUT2D eigenvalue weighted by molar-refractivity contribution is 6.02. The van der Waals surface area contributed by atoms with Crippen molar-refractivity contribution in [3.05, 3.63) is 0 Å². The van der Waals surface area contributed by atoms with Gasteiger partial charge in [0.15, 0.2) is 0 Å². The third kappa shape index (κ3) is 4.17. The van der Waals surface area contributed by atoms with Crippen LogP contribution in [0.5, 0.6) is 0 Å². The van der Waals surface area contributed by atoms with Gasteiger partial charge in [-0.2, -0.15) is 0 Å². The quantitative estimate of drug-likeness (QED) is 0.724. The normalized spacial score (nSPS) is 22.6. The third-order valence-corrected chi connectivity index (χ3v) is 3.05. The minimum absolute atomic E-state index is 0.193. The molecule has 1 saturated heterocycles. The van der Waals surface area contributed by atoms with Gasteiger partial charge < -0.3 is 9.47 Å². The van der Waals surface area contributed by atoms with Crippen molar-refractivity contribution in [2.45, 2.75) is 51.8 Å². The van der Waals surface area contributed by atoms with Gasteiger partial charge in [-0.1, -0.05) is 0 Å². The van der Waals surface area contributed by atoms with Gasteiger partial charge in [0.05, 0.1) is 12.6 Å². The average Bonchev–Trinajstić information content (AvgIpc) is 2.65. The Labute approximate surface area is 125 Å². The van der Waals surface area contributed by atoms with Crippen molar-refractivity contribution >= 4 is 18.0 Å². The van der Waals surface area contributed by atoms with Crippen LogP contribution in [0.3, 0.4) is 0 Å². The van der Waals surface area contributed by atoms with Gasteiger partial charge in [-0.05, 0) is 41.8 Å². The summed E-state index contributed by atoms with van der Waals surface area (Å²) < 4.78 is 10.2. The molecule has 7 heteroatoms. The number of esters is 1. The maximum absolute atomic E-state index is 12.4. The van der Waals surface area contributed by atoms with E-state index in [4.69, 9.17) is 9.47 Å². The lowest BCUT2D eigenvalue weighted by Gasteiger charge is -2.26. The zero-order chi connectivity index (χ0) is 16.4. The van der Waals surface area contributed by atoms with Crippen LogP contribution in [0, 0.1) is 0 Å². The molecule has 1 heterocycles. The van der Waals surface area contributed by atoms with Gasteiger partial charge in [0.2, 0.25) is 5.91 Å². The molecule has 1 unspecified atom stereocenters. The Bertz CT molecular complexity index is 428. The minimum Gasteiger partial charge on any atom is -0.464 e. The fraction of sp³-hybridized carbons (Fsp3) is 0.786. The van der Waals surface area contributed by atoms with E-state index in [0.717, 1.165) is 4.90 Å². The van der Waals surface area contributed by atoms with Crippen molar-refractivity contribution in [2.24, 2.45) is 0 Å². The maximum atomic E-state index is 12.4. The lowest BCUT2D eigenvalue weighted by Crippen LogP contribution is -2.47. The summed E-state index contributed by atoms with van der Waals surface area (Å²) in [7, 11) is 3.45. The molecule has 120 valence electrons. The molecular formula is C14H24N2O5. The van der Waals surface area contributed by atoms with Crippen LogP contribution in [0.15, 0.2) is 0 Å². The second kappa shape index (κ2) is 6.43. The van der Waals surface area contributed by atoms with Crippen molar-refractivity contribution in [2.75, 3.05) is 20.7 Å². The van der Waals surface area contributed by atoms with Crippen LogP contribution in [0.25, 0.3) is 0 Å². The van der Waals surface area contributed by atoms with E-state index in [2.05, 4.69) is 0 Å². The molecule has 0 aromatic carbocycles. The highest BCUT2D eigenvalue weighted by Crippen LogP contribution is 2.25. The summed E-state index contributed by atoms with van der Waals surface area (Å²) >= 11 is 0. The van der Waals surface area contributed by atoms with Gasteiger partial charge in [0, 0.05) is 6.42 Å². The molecular weight excluding hydrogens is 276 g/mol. The van der Waals surface area contributed by atoms with Crippen LogP contribution in [0.2, 0.25) is 0 Å². The van der Waals surface area contributed by atoms with Crippen molar-refractivity contribution in [1.82, 2.24) is 9.80 Å². The van der Waals surface area contributed by atoms with Crippen molar-refractivity contribution in [1.29, 1.82) is 0 Å². The van der Waals surface area contributed by atoms with Crippen LogP contribution in [-0.2, 0) is 19.1 Å². The fourth-order valence-electron chi connectivity index (χ4n) is 2.13. The molecule has 1 fully saturated rings. The average molecular weight is 300 g/mol. The molecule has 0 spiro atoms. The first kappa shape index (κ1) is 17.4. The first-order chi connectivity index (χ1) is 9.58. The van der Waals surface area contributed by atoms with E-state index in [1.807, 2.05) is 0 Å². The molecule has 0 aliphatic carbocycles. The smallest absolute Gasteiger partial charge is 0.417 e. The Morgan fingerprint density at radius 2 is 1.90 bits per heavy atom. The summed E-state index contributed by atoms with van der Waals surface area (Å²) in [6.45, 7) is 6.98. The Kier molecular flexibility index (Phi) is 5.33. The van der Waals surface area contributed by atoms with Gasteiger partial charge in [0.1, 0.15) is 11.6 Å². The largest absolute Gasteiger partial charge is 0.464 e. The van der Waals surface area contributed by atoms with Gasteiger partial charge in [-0.25, -0.2) is 14.5 Å². The highest BCUT2D eigenvalue weighted by Gasteiger charge is 2.49. The number of imide groups is 1. The number of nitrogens with zero attached hydrogens (tertiary/aromatic N) is 2. The number of likely N-dealkylation sites (N-methyl/N-ethyl adjacent to an activating group) is 1. The molecule has 1 aliphatic heterocycles. The molecule has 1 aliphatic rings. The topological polar surface area (TPSA) is 76.2 Å². The summed E-state index contributed by atoms with van der Waals surface area (Å²) in [5, 5.41) is 0. The molecule has 0 N–H and O–H groups in total. The highest BCUT2D eigenvalue weighted by atomic mass is 16.6. The predicted octanol–water partition coefficient (Wildman–Crippen LogP) is 1.02.